The van der Waals surface area contributed by atoms with Gasteiger partial charge in [-0.25, -0.2) is 19.1 Å². The monoisotopic (exact) mass is 458 g/mol. The van der Waals surface area contributed by atoms with Crippen LogP contribution in [0.4, 0.5) is 16.3 Å². The highest BCUT2D eigenvalue weighted by Crippen LogP contribution is 2.37. The van der Waals surface area contributed by atoms with Crippen molar-refractivity contribution in [1.29, 1.82) is 0 Å². The van der Waals surface area contributed by atoms with Crippen molar-refractivity contribution in [2.24, 2.45) is 0 Å². The van der Waals surface area contributed by atoms with Crippen molar-refractivity contribution in [1.82, 2.24) is 9.55 Å². The van der Waals surface area contributed by atoms with Crippen LogP contribution in [0.5, 0.6) is 0 Å². The van der Waals surface area contributed by atoms with E-state index < -0.39 is 17.7 Å². The Morgan fingerprint density at radius 2 is 1.74 bits per heavy atom. The third kappa shape index (κ3) is 4.71. The number of hydrogen-bond acceptors (Lipinski definition) is 7. The molecular formula is C26H26N4O4. The first kappa shape index (κ1) is 22.8. The van der Waals surface area contributed by atoms with E-state index >= 15 is 0 Å². The van der Waals surface area contributed by atoms with Crippen LogP contribution < -0.4 is 11.5 Å². The summed E-state index contributed by atoms with van der Waals surface area (Å²) in [6.45, 7) is 5.42. The molecule has 0 aliphatic heterocycles. The van der Waals surface area contributed by atoms with Gasteiger partial charge in [0.1, 0.15) is 18.0 Å². The molecule has 0 spiro atoms. The number of rotatable bonds is 4. The molecule has 174 valence electrons. The van der Waals surface area contributed by atoms with Gasteiger partial charge in [0.05, 0.1) is 5.56 Å². The largest absolute Gasteiger partial charge is 0.457 e. The molecule has 0 unspecified atom stereocenters. The number of aromatic nitrogens is 2. The lowest BCUT2D eigenvalue weighted by Crippen LogP contribution is -2.28. The van der Waals surface area contributed by atoms with Gasteiger partial charge in [0.15, 0.2) is 5.65 Å². The summed E-state index contributed by atoms with van der Waals surface area (Å²) in [6, 6.07) is 18.1. The fourth-order valence-electron chi connectivity index (χ4n) is 3.59. The Bertz CT molecular complexity index is 1370. The number of ether oxygens (including phenoxy) is 2. The molecule has 0 atom stereocenters. The number of nitrogen functional groups attached to an aromatic ring is 2. The number of fused-ring (bicyclic) bond motifs is 1. The van der Waals surface area contributed by atoms with Gasteiger partial charge in [-0.05, 0) is 50.1 Å². The maximum absolute atomic E-state index is 13.0. The number of nitrogens with zero attached hydrogens (tertiary/aromatic N) is 2. The van der Waals surface area contributed by atoms with E-state index in [1.165, 1.54) is 10.8 Å². The lowest BCUT2D eigenvalue weighted by atomic mass is 10.0. The Kier molecular flexibility index (Phi) is 5.98. The standard InChI is InChI=1S/C26H26N4O4/c1-26(2,3)34-25(32)30-22(28)21(17-10-7-11-19(27)12-17)20-13-18(14-29-23(20)30)24(31)33-15-16-8-5-4-6-9-16/h4-14H,15,27-28H2,1-3H3. The minimum Gasteiger partial charge on any atom is -0.457 e. The van der Waals surface area contributed by atoms with Crippen LogP contribution >= 0.6 is 0 Å². The highest BCUT2D eigenvalue weighted by atomic mass is 16.6. The number of pyridine rings is 1. The van der Waals surface area contributed by atoms with Gasteiger partial charge in [0.2, 0.25) is 0 Å². The number of hydrogen-bond donors (Lipinski definition) is 2. The van der Waals surface area contributed by atoms with Crippen molar-refractivity contribution >= 4 is 34.6 Å². The van der Waals surface area contributed by atoms with Crippen LogP contribution in [-0.2, 0) is 16.1 Å². The smallest absolute Gasteiger partial charge is 0.421 e. The zero-order valence-corrected chi connectivity index (χ0v) is 19.2. The molecule has 8 heteroatoms. The molecule has 4 rings (SSSR count). The number of nitrogens with two attached hydrogens (primary N) is 2. The second-order valence-electron chi connectivity index (χ2n) is 8.86. The van der Waals surface area contributed by atoms with E-state index in [0.717, 1.165) is 5.56 Å². The zero-order chi connectivity index (χ0) is 24.5. The van der Waals surface area contributed by atoms with Crippen molar-refractivity contribution in [3.63, 3.8) is 0 Å². The molecule has 8 nitrogen and oxygen atoms in total. The normalized spacial score (nSPS) is 11.4. The minimum absolute atomic E-state index is 0.126. The second-order valence-corrected chi connectivity index (χ2v) is 8.86. The lowest BCUT2D eigenvalue weighted by molar-refractivity contribution is 0.0471. The summed E-state index contributed by atoms with van der Waals surface area (Å²) in [7, 11) is 0. The van der Waals surface area contributed by atoms with Crippen LogP contribution in [0.3, 0.4) is 0 Å². The van der Waals surface area contributed by atoms with Crippen LogP contribution in [0.25, 0.3) is 22.2 Å². The summed E-state index contributed by atoms with van der Waals surface area (Å²) < 4.78 is 12.2. The predicted molar refractivity (Wildman–Crippen MR) is 131 cm³/mol. The SMILES string of the molecule is CC(C)(C)OC(=O)n1c(N)c(-c2cccc(N)c2)c2cc(C(=O)OCc3ccccc3)cnc21. The van der Waals surface area contributed by atoms with Gasteiger partial charge in [-0.2, -0.15) is 0 Å². The van der Waals surface area contributed by atoms with Gasteiger partial charge in [-0.1, -0.05) is 42.5 Å². The fourth-order valence-corrected chi connectivity index (χ4v) is 3.59. The van der Waals surface area contributed by atoms with E-state index in [1.807, 2.05) is 36.4 Å². The summed E-state index contributed by atoms with van der Waals surface area (Å²) in [5.41, 5.74) is 14.8. The molecule has 0 radical (unpaired) electrons. The number of carbonyl (C=O) groups excluding carboxylic acids is 2. The highest BCUT2D eigenvalue weighted by molar-refractivity contribution is 6.08. The Morgan fingerprint density at radius 3 is 2.41 bits per heavy atom. The Hall–Kier alpha value is -4.33. The Morgan fingerprint density at radius 1 is 1.00 bits per heavy atom. The first-order chi connectivity index (χ1) is 16.1. The first-order valence-corrected chi connectivity index (χ1v) is 10.7. The maximum atomic E-state index is 13.0. The molecule has 0 saturated carbocycles. The van der Waals surface area contributed by atoms with Crippen LogP contribution in [0.15, 0.2) is 66.9 Å². The predicted octanol–water partition coefficient (Wildman–Crippen LogP) is 5.01. The third-order valence-corrected chi connectivity index (χ3v) is 5.04. The number of benzene rings is 2. The minimum atomic E-state index is -0.737. The van der Waals surface area contributed by atoms with E-state index in [0.29, 0.717) is 22.2 Å². The van der Waals surface area contributed by atoms with E-state index in [2.05, 4.69) is 4.98 Å². The van der Waals surface area contributed by atoms with Crippen LogP contribution in [0.1, 0.15) is 36.7 Å². The molecule has 4 N–H and O–H groups in total. The highest BCUT2D eigenvalue weighted by Gasteiger charge is 2.27. The Labute approximate surface area is 197 Å². The third-order valence-electron chi connectivity index (χ3n) is 5.04. The van der Waals surface area contributed by atoms with E-state index in [4.69, 9.17) is 20.9 Å². The van der Waals surface area contributed by atoms with Crippen molar-refractivity contribution in [3.8, 4) is 11.1 Å². The fraction of sp³-hybridized carbons (Fsp3) is 0.192. The number of esters is 1. The molecule has 2 aromatic carbocycles. The molecule has 0 bridgehead atoms. The van der Waals surface area contributed by atoms with Crippen LogP contribution in [0.2, 0.25) is 0 Å². The summed E-state index contributed by atoms with van der Waals surface area (Å²) in [5.74, 6) is -0.405. The molecule has 0 amide bonds. The first-order valence-electron chi connectivity index (χ1n) is 10.7. The van der Waals surface area contributed by atoms with E-state index in [1.54, 1.807) is 45.0 Å². The molecule has 0 aliphatic carbocycles. The average molecular weight is 459 g/mol. The molecule has 2 aromatic heterocycles. The van der Waals surface area contributed by atoms with E-state index in [-0.39, 0.29) is 23.6 Å². The van der Waals surface area contributed by atoms with Crippen molar-refractivity contribution in [2.75, 3.05) is 11.5 Å². The summed E-state index contributed by atoms with van der Waals surface area (Å²) >= 11 is 0. The van der Waals surface area contributed by atoms with Gasteiger partial charge in [0.25, 0.3) is 0 Å². The molecule has 2 heterocycles. The number of carbonyl (C=O) groups is 2. The van der Waals surface area contributed by atoms with Crippen LogP contribution in [-0.4, -0.2) is 27.2 Å². The van der Waals surface area contributed by atoms with Gasteiger partial charge in [-0.3, -0.25) is 0 Å². The van der Waals surface area contributed by atoms with Crippen molar-refractivity contribution in [2.45, 2.75) is 33.0 Å². The second kappa shape index (κ2) is 8.90. The quantitative estimate of drug-likeness (QED) is 0.326. The molecule has 0 aliphatic rings. The summed E-state index contributed by atoms with van der Waals surface area (Å²) in [6.07, 6.45) is 0.691. The maximum Gasteiger partial charge on any atom is 0.421 e. The molecule has 4 aromatic rings. The van der Waals surface area contributed by atoms with Gasteiger partial charge in [0, 0.05) is 22.8 Å². The molecule has 34 heavy (non-hydrogen) atoms. The van der Waals surface area contributed by atoms with Crippen LogP contribution in [0, 0.1) is 0 Å². The van der Waals surface area contributed by atoms with E-state index in [9.17, 15) is 9.59 Å². The van der Waals surface area contributed by atoms with Gasteiger partial charge < -0.3 is 20.9 Å². The Balaban J connectivity index is 1.80. The van der Waals surface area contributed by atoms with Crippen molar-refractivity contribution < 1.29 is 19.1 Å². The zero-order valence-electron chi connectivity index (χ0n) is 19.2. The molecule has 0 fully saturated rings. The summed E-state index contributed by atoms with van der Waals surface area (Å²) in [4.78, 5) is 30.1. The number of anilines is 2. The van der Waals surface area contributed by atoms with Gasteiger partial charge >= 0.3 is 12.1 Å². The summed E-state index contributed by atoms with van der Waals surface area (Å²) in [5, 5.41) is 0.503. The molecule has 0 saturated heterocycles. The molecular weight excluding hydrogens is 432 g/mol. The lowest BCUT2D eigenvalue weighted by Gasteiger charge is -2.20. The van der Waals surface area contributed by atoms with Gasteiger partial charge in [-0.15, -0.1) is 0 Å². The van der Waals surface area contributed by atoms with Crippen molar-refractivity contribution in [3.05, 3.63) is 78.0 Å². The average Bonchev–Trinajstić information content (AvgIpc) is 3.08. The topological polar surface area (TPSA) is 122 Å².